The van der Waals surface area contributed by atoms with Crippen molar-refractivity contribution < 1.29 is 9.18 Å². The van der Waals surface area contributed by atoms with Gasteiger partial charge in [-0.05, 0) is 73.9 Å². The third kappa shape index (κ3) is 3.65. The lowest BCUT2D eigenvalue weighted by atomic mass is 9.76. The molecule has 2 aromatic carbocycles. The Hall–Kier alpha value is -2.24. The highest BCUT2D eigenvalue weighted by Crippen LogP contribution is 2.42. The van der Waals surface area contributed by atoms with Crippen LogP contribution in [0.3, 0.4) is 0 Å². The number of halogens is 1. The van der Waals surface area contributed by atoms with Crippen LogP contribution >= 0.6 is 0 Å². The molecule has 3 aliphatic rings. The van der Waals surface area contributed by atoms with E-state index in [1.165, 1.54) is 18.9 Å². The lowest BCUT2D eigenvalue weighted by molar-refractivity contribution is 0.0542. The summed E-state index contributed by atoms with van der Waals surface area (Å²) >= 11 is 0. The Morgan fingerprint density at radius 1 is 1.27 bits per heavy atom. The molecule has 0 unspecified atom stereocenters. The highest BCUT2D eigenvalue weighted by atomic mass is 19.1. The normalized spacial score (nSPS) is 26.8. The quantitative estimate of drug-likeness (QED) is 0.809. The van der Waals surface area contributed by atoms with Gasteiger partial charge in [-0.15, -0.1) is 0 Å². The van der Waals surface area contributed by atoms with Crippen LogP contribution in [-0.2, 0) is 6.42 Å². The summed E-state index contributed by atoms with van der Waals surface area (Å²) in [5.41, 5.74) is 3.61. The fourth-order valence-electron chi connectivity index (χ4n) is 5.71. The second-order valence-corrected chi connectivity index (χ2v) is 9.09. The van der Waals surface area contributed by atoms with Crippen LogP contribution in [0.4, 0.5) is 4.39 Å². The summed E-state index contributed by atoms with van der Waals surface area (Å²) < 4.78 is 14.5. The van der Waals surface area contributed by atoms with Gasteiger partial charge in [0.15, 0.2) is 0 Å². The summed E-state index contributed by atoms with van der Waals surface area (Å²) in [6, 6.07) is 13.5. The Bertz CT molecular complexity index is 931. The number of amides is 1. The number of nitrogens with zero attached hydrogens (tertiary/aromatic N) is 1. The molecule has 158 valence electrons. The smallest absolute Gasteiger partial charge is 0.252 e. The number of nitrogens with one attached hydrogen (secondary N) is 2. The predicted octanol–water partition coefficient (Wildman–Crippen LogP) is 3.99. The average Bonchev–Trinajstić information content (AvgIpc) is 2.77. The standard InChI is InChI=1S/C25H30FN3O/c1-16(17-6-3-2-4-7-17)28-25(30)21-13-20(26)12-18-9-11-29-15-19-8-5-10-27-22(19)14-23(29)24(18)21/h2-4,6-7,12-13,16,19,22-23,27H,5,8-11,14-15H2,1H3,(H,28,30)/t16-,19+,22-,23-/m1/s1. The molecule has 1 amide bonds. The number of benzene rings is 2. The van der Waals surface area contributed by atoms with E-state index in [4.69, 9.17) is 0 Å². The van der Waals surface area contributed by atoms with E-state index in [2.05, 4.69) is 15.5 Å². The predicted molar refractivity (Wildman–Crippen MR) is 116 cm³/mol. The van der Waals surface area contributed by atoms with Gasteiger partial charge in [0.1, 0.15) is 5.82 Å². The van der Waals surface area contributed by atoms with Gasteiger partial charge in [0, 0.05) is 30.7 Å². The van der Waals surface area contributed by atoms with E-state index in [0.717, 1.165) is 49.2 Å². The lowest BCUT2D eigenvalue weighted by Crippen LogP contribution is -2.55. The molecule has 5 rings (SSSR count). The van der Waals surface area contributed by atoms with E-state index in [0.29, 0.717) is 17.5 Å². The van der Waals surface area contributed by atoms with E-state index < -0.39 is 0 Å². The maximum Gasteiger partial charge on any atom is 0.252 e. The first kappa shape index (κ1) is 19.7. The fourth-order valence-corrected chi connectivity index (χ4v) is 5.71. The topological polar surface area (TPSA) is 44.4 Å². The number of fused-ring (bicyclic) bond motifs is 4. The fraction of sp³-hybridized carbons (Fsp3) is 0.480. The second kappa shape index (κ2) is 8.12. The van der Waals surface area contributed by atoms with Crippen LogP contribution in [0.2, 0.25) is 0 Å². The van der Waals surface area contributed by atoms with Crippen molar-refractivity contribution in [3.8, 4) is 0 Å². The molecule has 3 aliphatic heterocycles. The number of carbonyl (C=O) groups excluding carboxylic acids is 1. The Morgan fingerprint density at radius 2 is 2.10 bits per heavy atom. The van der Waals surface area contributed by atoms with Crippen LogP contribution in [0.1, 0.15) is 65.3 Å². The van der Waals surface area contributed by atoms with Crippen LogP contribution < -0.4 is 10.6 Å². The number of rotatable bonds is 3. The van der Waals surface area contributed by atoms with Gasteiger partial charge in [-0.25, -0.2) is 4.39 Å². The lowest BCUT2D eigenvalue weighted by Gasteiger charge is -2.49. The largest absolute Gasteiger partial charge is 0.346 e. The third-order valence-corrected chi connectivity index (χ3v) is 7.24. The zero-order valence-corrected chi connectivity index (χ0v) is 17.5. The Kier molecular flexibility index (Phi) is 5.34. The first-order chi connectivity index (χ1) is 14.6. The van der Waals surface area contributed by atoms with E-state index in [-0.39, 0.29) is 23.8 Å². The van der Waals surface area contributed by atoms with Gasteiger partial charge in [-0.3, -0.25) is 9.69 Å². The van der Waals surface area contributed by atoms with E-state index in [1.54, 1.807) is 6.07 Å². The highest BCUT2D eigenvalue weighted by molar-refractivity contribution is 5.96. The van der Waals surface area contributed by atoms with E-state index in [1.807, 2.05) is 37.3 Å². The molecule has 4 atom stereocenters. The van der Waals surface area contributed by atoms with Crippen LogP contribution in [0.5, 0.6) is 0 Å². The molecule has 0 saturated carbocycles. The Labute approximate surface area is 177 Å². The van der Waals surface area contributed by atoms with E-state index in [9.17, 15) is 9.18 Å². The molecule has 4 nitrogen and oxygen atoms in total. The van der Waals surface area contributed by atoms with Gasteiger partial charge in [0.05, 0.1) is 6.04 Å². The van der Waals surface area contributed by atoms with Crippen molar-refractivity contribution in [3.05, 3.63) is 70.5 Å². The number of piperidine rings is 2. The molecule has 30 heavy (non-hydrogen) atoms. The molecule has 2 fully saturated rings. The van der Waals surface area contributed by atoms with Crippen molar-refractivity contribution in [3.63, 3.8) is 0 Å². The summed E-state index contributed by atoms with van der Waals surface area (Å²) in [5, 5.41) is 6.80. The maximum atomic E-state index is 14.5. The molecule has 0 bridgehead atoms. The average molecular weight is 408 g/mol. The van der Waals surface area contributed by atoms with Gasteiger partial charge in [-0.1, -0.05) is 30.3 Å². The first-order valence-electron chi connectivity index (χ1n) is 11.3. The highest BCUT2D eigenvalue weighted by Gasteiger charge is 2.41. The SMILES string of the molecule is C[C@@H](NC(=O)c1cc(F)cc2c1[C@H]1C[C@H]3NCCC[C@H]3CN1CC2)c1ccccc1. The Morgan fingerprint density at radius 3 is 2.93 bits per heavy atom. The monoisotopic (exact) mass is 407 g/mol. The summed E-state index contributed by atoms with van der Waals surface area (Å²) in [7, 11) is 0. The summed E-state index contributed by atoms with van der Waals surface area (Å²) in [5.74, 6) is 0.194. The minimum absolute atomic E-state index is 0.131. The maximum absolute atomic E-state index is 14.5. The molecule has 2 aromatic rings. The zero-order chi connectivity index (χ0) is 20.7. The minimum atomic E-state index is -0.316. The summed E-state index contributed by atoms with van der Waals surface area (Å²) in [4.78, 5) is 15.8. The third-order valence-electron chi connectivity index (χ3n) is 7.24. The molecule has 5 heteroatoms. The number of hydrogen-bond acceptors (Lipinski definition) is 3. The molecular weight excluding hydrogens is 377 g/mol. The summed E-state index contributed by atoms with van der Waals surface area (Å²) in [6.07, 6.45) is 4.33. The van der Waals surface area contributed by atoms with Crippen molar-refractivity contribution >= 4 is 5.91 Å². The first-order valence-corrected chi connectivity index (χ1v) is 11.3. The van der Waals surface area contributed by atoms with Gasteiger partial charge in [-0.2, -0.15) is 0 Å². The molecule has 2 N–H and O–H groups in total. The van der Waals surface area contributed by atoms with Gasteiger partial charge >= 0.3 is 0 Å². The van der Waals surface area contributed by atoms with Crippen molar-refractivity contribution in [1.82, 2.24) is 15.5 Å². The number of carbonyl (C=O) groups is 1. The molecule has 3 heterocycles. The molecule has 0 radical (unpaired) electrons. The van der Waals surface area contributed by atoms with Gasteiger partial charge < -0.3 is 10.6 Å². The summed E-state index contributed by atoms with van der Waals surface area (Å²) in [6.45, 7) is 5.07. The molecule has 0 aromatic heterocycles. The molecular formula is C25H30FN3O. The zero-order valence-electron chi connectivity index (χ0n) is 17.5. The van der Waals surface area contributed by atoms with Crippen molar-refractivity contribution in [1.29, 1.82) is 0 Å². The van der Waals surface area contributed by atoms with Crippen molar-refractivity contribution in [2.75, 3.05) is 19.6 Å². The molecule has 0 aliphatic carbocycles. The van der Waals surface area contributed by atoms with Crippen molar-refractivity contribution in [2.45, 2.75) is 50.7 Å². The van der Waals surface area contributed by atoms with Crippen LogP contribution in [0, 0.1) is 11.7 Å². The molecule has 2 saturated heterocycles. The number of hydrogen-bond donors (Lipinski definition) is 2. The van der Waals surface area contributed by atoms with Crippen LogP contribution in [0.15, 0.2) is 42.5 Å². The van der Waals surface area contributed by atoms with Crippen molar-refractivity contribution in [2.24, 2.45) is 5.92 Å². The van der Waals surface area contributed by atoms with Gasteiger partial charge in [0.2, 0.25) is 0 Å². The molecule has 0 spiro atoms. The van der Waals surface area contributed by atoms with Crippen LogP contribution in [0.25, 0.3) is 0 Å². The Balaban J connectivity index is 1.45. The second-order valence-electron chi connectivity index (χ2n) is 9.09. The minimum Gasteiger partial charge on any atom is -0.346 e. The van der Waals surface area contributed by atoms with Gasteiger partial charge in [0.25, 0.3) is 5.91 Å². The van der Waals surface area contributed by atoms with Crippen LogP contribution in [-0.4, -0.2) is 36.5 Å². The van der Waals surface area contributed by atoms with E-state index >= 15 is 0 Å².